The van der Waals surface area contributed by atoms with Crippen LogP contribution in [0, 0.1) is 11.3 Å². The maximum atomic E-state index is 9.26. The molecule has 1 aliphatic rings. The molecule has 0 saturated carbocycles. The van der Waals surface area contributed by atoms with E-state index in [9.17, 15) is 5.26 Å². The van der Waals surface area contributed by atoms with Gasteiger partial charge in [0.2, 0.25) is 0 Å². The summed E-state index contributed by atoms with van der Waals surface area (Å²) in [6.07, 6.45) is 3.09. The van der Waals surface area contributed by atoms with Crippen molar-refractivity contribution in [1.82, 2.24) is 4.98 Å². The second-order valence-electron chi connectivity index (χ2n) is 4.11. The van der Waals surface area contributed by atoms with E-state index >= 15 is 0 Å². The third-order valence-corrected chi connectivity index (χ3v) is 4.02. The Morgan fingerprint density at radius 1 is 1.41 bits per heavy atom. The molecule has 0 unspecified atom stereocenters. The van der Waals surface area contributed by atoms with Gasteiger partial charge in [-0.15, -0.1) is 11.3 Å². The number of thiophene rings is 1. The Labute approximate surface area is 104 Å². The van der Waals surface area contributed by atoms with Gasteiger partial charge in [-0.3, -0.25) is 0 Å². The second-order valence-corrected chi connectivity index (χ2v) is 5.06. The minimum atomic E-state index is 0.372. The Kier molecular flexibility index (Phi) is 2.34. The van der Waals surface area contributed by atoms with E-state index in [0.29, 0.717) is 11.4 Å². The molecular formula is C13H11N3S. The first-order chi connectivity index (χ1) is 8.31. The molecule has 0 radical (unpaired) electrons. The summed E-state index contributed by atoms with van der Waals surface area (Å²) in [5.74, 6) is 0.372. The van der Waals surface area contributed by atoms with E-state index < -0.39 is 0 Å². The summed E-state index contributed by atoms with van der Waals surface area (Å²) in [7, 11) is 0. The Morgan fingerprint density at radius 3 is 3.00 bits per heavy atom. The zero-order valence-corrected chi connectivity index (χ0v) is 10.0. The Bertz CT molecular complexity index is 608. The van der Waals surface area contributed by atoms with Crippen molar-refractivity contribution in [1.29, 1.82) is 5.26 Å². The minimum absolute atomic E-state index is 0.372. The van der Waals surface area contributed by atoms with Crippen LogP contribution in [-0.2, 0) is 12.8 Å². The third kappa shape index (κ3) is 1.51. The smallest absolute Gasteiger partial charge is 0.142 e. The van der Waals surface area contributed by atoms with Crippen LogP contribution in [0.4, 0.5) is 5.82 Å². The number of nitriles is 1. The first-order valence-corrected chi connectivity index (χ1v) is 6.44. The van der Waals surface area contributed by atoms with Gasteiger partial charge >= 0.3 is 0 Å². The van der Waals surface area contributed by atoms with Crippen LogP contribution in [0.3, 0.4) is 0 Å². The molecule has 0 bridgehead atoms. The topological polar surface area (TPSA) is 62.7 Å². The summed E-state index contributed by atoms with van der Waals surface area (Å²) in [5.41, 5.74) is 9.73. The van der Waals surface area contributed by atoms with Gasteiger partial charge < -0.3 is 5.73 Å². The van der Waals surface area contributed by atoms with Crippen LogP contribution in [0.2, 0.25) is 0 Å². The number of nitrogens with zero attached hydrogens (tertiary/aromatic N) is 2. The molecule has 3 rings (SSSR count). The fourth-order valence-electron chi connectivity index (χ4n) is 2.41. The van der Waals surface area contributed by atoms with Crippen molar-refractivity contribution >= 4 is 17.2 Å². The van der Waals surface area contributed by atoms with Crippen LogP contribution in [0.1, 0.15) is 23.2 Å². The van der Waals surface area contributed by atoms with Crippen molar-refractivity contribution < 1.29 is 0 Å². The van der Waals surface area contributed by atoms with Gasteiger partial charge in [-0.2, -0.15) is 5.26 Å². The van der Waals surface area contributed by atoms with Crippen molar-refractivity contribution in [2.45, 2.75) is 19.3 Å². The van der Waals surface area contributed by atoms with Crippen molar-refractivity contribution in [2.75, 3.05) is 5.73 Å². The second kappa shape index (κ2) is 3.86. The summed E-state index contributed by atoms with van der Waals surface area (Å²) in [5, 5.41) is 11.3. The van der Waals surface area contributed by atoms with E-state index in [-0.39, 0.29) is 0 Å². The maximum absolute atomic E-state index is 9.26. The normalized spacial score (nSPS) is 13.4. The molecule has 2 aromatic heterocycles. The van der Waals surface area contributed by atoms with E-state index in [1.165, 1.54) is 5.56 Å². The standard InChI is InChI=1S/C13H11N3S/c14-7-9-12(11-5-2-6-17-11)8-3-1-4-10(8)16-13(9)15/h2,5-6H,1,3-4H2,(H2,15,16). The van der Waals surface area contributed by atoms with Crippen LogP contribution >= 0.6 is 11.3 Å². The van der Waals surface area contributed by atoms with Gasteiger partial charge in [0.1, 0.15) is 17.5 Å². The minimum Gasteiger partial charge on any atom is -0.383 e. The number of nitrogen functional groups attached to an aromatic ring is 1. The first kappa shape index (κ1) is 10.3. The lowest BCUT2D eigenvalue weighted by atomic mass is 10.0. The van der Waals surface area contributed by atoms with Crippen molar-refractivity contribution in [3.8, 4) is 16.5 Å². The Hall–Kier alpha value is -1.86. The SMILES string of the molecule is N#Cc1c(N)nc2c(c1-c1cccs1)CCC2. The third-order valence-electron chi connectivity index (χ3n) is 3.13. The molecule has 2 N–H and O–H groups in total. The lowest BCUT2D eigenvalue weighted by molar-refractivity contribution is 0.900. The summed E-state index contributed by atoms with van der Waals surface area (Å²) >= 11 is 1.65. The van der Waals surface area contributed by atoms with Crippen molar-refractivity contribution in [2.24, 2.45) is 0 Å². The summed E-state index contributed by atoms with van der Waals surface area (Å²) < 4.78 is 0. The van der Waals surface area contributed by atoms with Gasteiger partial charge in [0.05, 0.1) is 0 Å². The Balaban J connectivity index is 2.35. The quantitative estimate of drug-likeness (QED) is 0.835. The zero-order valence-electron chi connectivity index (χ0n) is 9.23. The number of anilines is 1. The molecule has 0 amide bonds. The van der Waals surface area contributed by atoms with Crippen LogP contribution < -0.4 is 5.73 Å². The van der Waals surface area contributed by atoms with E-state index in [2.05, 4.69) is 11.1 Å². The number of hydrogen-bond acceptors (Lipinski definition) is 4. The van der Waals surface area contributed by atoms with Crippen LogP contribution in [0.25, 0.3) is 10.4 Å². The fraction of sp³-hybridized carbons (Fsp3) is 0.231. The summed E-state index contributed by atoms with van der Waals surface area (Å²) in [6.45, 7) is 0. The van der Waals surface area contributed by atoms with Gasteiger partial charge in [-0.25, -0.2) is 4.98 Å². The van der Waals surface area contributed by atoms with Crippen LogP contribution in [0.15, 0.2) is 17.5 Å². The highest BCUT2D eigenvalue weighted by Gasteiger charge is 2.23. The van der Waals surface area contributed by atoms with E-state index in [4.69, 9.17) is 5.73 Å². The molecule has 3 nitrogen and oxygen atoms in total. The van der Waals surface area contributed by atoms with E-state index in [0.717, 1.165) is 35.4 Å². The van der Waals surface area contributed by atoms with E-state index in [1.807, 2.05) is 17.5 Å². The Morgan fingerprint density at radius 2 is 2.29 bits per heavy atom. The van der Waals surface area contributed by atoms with Gasteiger partial charge in [-0.05, 0) is 36.3 Å². The predicted molar refractivity (Wildman–Crippen MR) is 68.7 cm³/mol. The molecule has 4 heteroatoms. The lowest BCUT2D eigenvalue weighted by Gasteiger charge is -2.10. The molecular weight excluding hydrogens is 230 g/mol. The number of nitrogens with two attached hydrogens (primary N) is 1. The average Bonchev–Trinajstić information content (AvgIpc) is 2.97. The zero-order chi connectivity index (χ0) is 11.8. The van der Waals surface area contributed by atoms with Gasteiger partial charge in [0, 0.05) is 16.1 Å². The largest absolute Gasteiger partial charge is 0.383 e. The van der Waals surface area contributed by atoms with Crippen LogP contribution in [0.5, 0.6) is 0 Å². The monoisotopic (exact) mass is 241 g/mol. The first-order valence-electron chi connectivity index (χ1n) is 5.56. The molecule has 0 fully saturated rings. The molecule has 0 saturated heterocycles. The predicted octanol–water partition coefficient (Wildman–Crippen LogP) is 2.75. The molecule has 0 atom stereocenters. The number of hydrogen-bond donors (Lipinski definition) is 1. The molecule has 0 aromatic carbocycles. The molecule has 2 heterocycles. The molecule has 17 heavy (non-hydrogen) atoms. The van der Waals surface area contributed by atoms with E-state index in [1.54, 1.807) is 11.3 Å². The molecule has 1 aliphatic carbocycles. The molecule has 0 spiro atoms. The highest BCUT2D eigenvalue weighted by Crippen LogP contribution is 2.38. The van der Waals surface area contributed by atoms with Crippen LogP contribution in [-0.4, -0.2) is 4.98 Å². The lowest BCUT2D eigenvalue weighted by Crippen LogP contribution is -2.02. The van der Waals surface area contributed by atoms with Gasteiger partial charge in [0.25, 0.3) is 0 Å². The average molecular weight is 241 g/mol. The number of aryl methyl sites for hydroxylation is 1. The van der Waals surface area contributed by atoms with Crippen molar-refractivity contribution in [3.63, 3.8) is 0 Å². The number of fused-ring (bicyclic) bond motifs is 1. The number of aromatic nitrogens is 1. The number of pyridine rings is 1. The highest BCUT2D eigenvalue weighted by atomic mass is 32.1. The summed E-state index contributed by atoms with van der Waals surface area (Å²) in [4.78, 5) is 5.47. The van der Waals surface area contributed by atoms with Crippen molar-refractivity contribution in [3.05, 3.63) is 34.3 Å². The fourth-order valence-corrected chi connectivity index (χ4v) is 3.21. The van der Waals surface area contributed by atoms with Gasteiger partial charge in [0.15, 0.2) is 0 Å². The maximum Gasteiger partial charge on any atom is 0.142 e. The summed E-state index contributed by atoms with van der Waals surface area (Å²) in [6, 6.07) is 6.24. The molecule has 0 aliphatic heterocycles. The molecule has 84 valence electrons. The number of rotatable bonds is 1. The van der Waals surface area contributed by atoms with Gasteiger partial charge in [-0.1, -0.05) is 6.07 Å². The molecule has 2 aromatic rings. The highest BCUT2D eigenvalue weighted by molar-refractivity contribution is 7.13.